The molecule has 6 nitrogen and oxygen atoms in total. The molecule has 0 aliphatic rings. The molecule has 0 radical (unpaired) electrons. The number of hydrogen-bond acceptors (Lipinski definition) is 4. The number of pyridine rings is 1. The van der Waals surface area contributed by atoms with Crippen molar-refractivity contribution in [3.63, 3.8) is 0 Å². The fraction of sp³-hybridized carbons (Fsp3) is 0.143. The Morgan fingerprint density at radius 1 is 1.07 bits per heavy atom. The summed E-state index contributed by atoms with van der Waals surface area (Å²) in [6.07, 6.45) is 3.21. The van der Waals surface area contributed by atoms with Gasteiger partial charge in [-0.3, -0.25) is 9.78 Å². The Morgan fingerprint density at radius 2 is 1.85 bits per heavy atom. The van der Waals surface area contributed by atoms with E-state index in [1.807, 2.05) is 61.5 Å². The SMILES string of the molecule is Cc1cc(C(=O)NCc2ccc(Cn3cncn3)cc2)c2ccccc2n1. The van der Waals surface area contributed by atoms with Crippen LogP contribution in [0.2, 0.25) is 0 Å². The molecule has 0 spiro atoms. The molecular formula is C21H19N5O. The Labute approximate surface area is 156 Å². The molecule has 0 saturated carbocycles. The third-order valence-electron chi connectivity index (χ3n) is 4.38. The van der Waals surface area contributed by atoms with E-state index in [1.54, 1.807) is 11.0 Å². The first-order valence-corrected chi connectivity index (χ1v) is 8.74. The van der Waals surface area contributed by atoms with Crippen LogP contribution in [0.5, 0.6) is 0 Å². The van der Waals surface area contributed by atoms with Crippen LogP contribution in [0.1, 0.15) is 27.2 Å². The van der Waals surface area contributed by atoms with Crippen LogP contribution in [0.15, 0.2) is 67.3 Å². The molecule has 1 N–H and O–H groups in total. The van der Waals surface area contributed by atoms with Gasteiger partial charge in [0, 0.05) is 17.6 Å². The Morgan fingerprint density at radius 3 is 2.63 bits per heavy atom. The maximum Gasteiger partial charge on any atom is 0.252 e. The highest BCUT2D eigenvalue weighted by molar-refractivity contribution is 6.06. The van der Waals surface area contributed by atoms with Gasteiger partial charge in [0.25, 0.3) is 5.91 Å². The van der Waals surface area contributed by atoms with Gasteiger partial charge in [-0.1, -0.05) is 42.5 Å². The van der Waals surface area contributed by atoms with E-state index in [-0.39, 0.29) is 5.91 Å². The molecular weight excluding hydrogens is 338 g/mol. The monoisotopic (exact) mass is 357 g/mol. The minimum Gasteiger partial charge on any atom is -0.348 e. The molecule has 1 amide bonds. The number of benzene rings is 2. The normalized spacial score (nSPS) is 10.9. The quantitative estimate of drug-likeness (QED) is 0.596. The van der Waals surface area contributed by atoms with Crippen molar-refractivity contribution in [2.45, 2.75) is 20.0 Å². The number of hydrogen-bond donors (Lipinski definition) is 1. The molecule has 4 rings (SSSR count). The first-order valence-electron chi connectivity index (χ1n) is 8.74. The summed E-state index contributed by atoms with van der Waals surface area (Å²) in [5.41, 5.74) is 4.49. The van der Waals surface area contributed by atoms with Crippen molar-refractivity contribution >= 4 is 16.8 Å². The van der Waals surface area contributed by atoms with Crippen molar-refractivity contribution in [1.29, 1.82) is 0 Å². The summed E-state index contributed by atoms with van der Waals surface area (Å²) in [4.78, 5) is 21.1. The van der Waals surface area contributed by atoms with Gasteiger partial charge in [-0.25, -0.2) is 9.67 Å². The number of nitrogens with one attached hydrogen (secondary N) is 1. The lowest BCUT2D eigenvalue weighted by Crippen LogP contribution is -2.23. The predicted octanol–water partition coefficient (Wildman–Crippen LogP) is 3.11. The van der Waals surface area contributed by atoms with Crippen molar-refractivity contribution < 1.29 is 4.79 Å². The highest BCUT2D eigenvalue weighted by atomic mass is 16.1. The fourth-order valence-corrected chi connectivity index (χ4v) is 3.04. The van der Waals surface area contributed by atoms with E-state index in [0.717, 1.165) is 27.7 Å². The number of aromatic nitrogens is 4. The summed E-state index contributed by atoms with van der Waals surface area (Å²) in [7, 11) is 0. The standard InChI is InChI=1S/C21H19N5O/c1-15-10-19(18-4-2-3-5-20(18)25-15)21(27)23-11-16-6-8-17(9-7-16)12-26-14-22-13-24-26/h2-10,13-14H,11-12H2,1H3,(H,23,27). The van der Waals surface area contributed by atoms with Crippen LogP contribution in [-0.2, 0) is 13.1 Å². The fourth-order valence-electron chi connectivity index (χ4n) is 3.04. The third kappa shape index (κ3) is 3.84. The molecule has 2 aromatic carbocycles. The molecule has 0 bridgehead atoms. The largest absolute Gasteiger partial charge is 0.348 e. The molecule has 2 heterocycles. The molecule has 0 saturated heterocycles. The molecule has 0 aliphatic carbocycles. The zero-order valence-electron chi connectivity index (χ0n) is 15.0. The maximum absolute atomic E-state index is 12.7. The Balaban J connectivity index is 1.45. The van der Waals surface area contributed by atoms with E-state index in [4.69, 9.17) is 0 Å². The van der Waals surface area contributed by atoms with Gasteiger partial charge in [-0.2, -0.15) is 5.10 Å². The van der Waals surface area contributed by atoms with Crippen LogP contribution in [0, 0.1) is 6.92 Å². The zero-order chi connectivity index (χ0) is 18.6. The summed E-state index contributed by atoms with van der Waals surface area (Å²) < 4.78 is 1.77. The second-order valence-corrected chi connectivity index (χ2v) is 6.42. The Hall–Kier alpha value is -3.54. The third-order valence-corrected chi connectivity index (χ3v) is 4.38. The first-order chi connectivity index (χ1) is 13.2. The van der Waals surface area contributed by atoms with Crippen molar-refractivity contribution in [3.05, 3.63) is 89.6 Å². The molecule has 0 aliphatic heterocycles. The number of rotatable bonds is 5. The number of nitrogens with zero attached hydrogens (tertiary/aromatic N) is 4. The van der Waals surface area contributed by atoms with Gasteiger partial charge >= 0.3 is 0 Å². The van der Waals surface area contributed by atoms with Gasteiger partial charge in [0.15, 0.2) is 0 Å². The van der Waals surface area contributed by atoms with Crippen LogP contribution >= 0.6 is 0 Å². The van der Waals surface area contributed by atoms with E-state index < -0.39 is 0 Å². The number of amides is 1. The van der Waals surface area contributed by atoms with Crippen molar-refractivity contribution in [1.82, 2.24) is 25.1 Å². The molecule has 0 atom stereocenters. The summed E-state index contributed by atoms with van der Waals surface area (Å²) in [6, 6.07) is 17.6. The van der Waals surface area contributed by atoms with Gasteiger partial charge in [0.1, 0.15) is 12.7 Å². The Bertz CT molecular complexity index is 1070. The maximum atomic E-state index is 12.7. The van der Waals surface area contributed by atoms with E-state index in [9.17, 15) is 4.79 Å². The lowest BCUT2D eigenvalue weighted by molar-refractivity contribution is 0.0952. The van der Waals surface area contributed by atoms with E-state index >= 15 is 0 Å². The smallest absolute Gasteiger partial charge is 0.252 e. The predicted molar refractivity (Wildman–Crippen MR) is 103 cm³/mol. The van der Waals surface area contributed by atoms with E-state index in [1.165, 1.54) is 6.33 Å². The molecule has 2 aromatic heterocycles. The minimum atomic E-state index is -0.0941. The molecule has 134 valence electrons. The second kappa shape index (κ2) is 7.37. The van der Waals surface area contributed by atoms with Gasteiger partial charge in [0.05, 0.1) is 17.6 Å². The minimum absolute atomic E-state index is 0.0941. The Kier molecular flexibility index (Phi) is 4.61. The van der Waals surface area contributed by atoms with Gasteiger partial charge in [-0.15, -0.1) is 0 Å². The van der Waals surface area contributed by atoms with Crippen LogP contribution in [0.3, 0.4) is 0 Å². The van der Waals surface area contributed by atoms with E-state index in [2.05, 4.69) is 20.4 Å². The molecule has 0 fully saturated rings. The summed E-state index contributed by atoms with van der Waals surface area (Å²) >= 11 is 0. The molecule has 4 aromatic rings. The highest BCUT2D eigenvalue weighted by Crippen LogP contribution is 2.18. The summed E-state index contributed by atoms with van der Waals surface area (Å²) in [6.45, 7) is 3.05. The zero-order valence-corrected chi connectivity index (χ0v) is 15.0. The summed E-state index contributed by atoms with van der Waals surface area (Å²) in [5, 5.41) is 7.97. The molecule has 0 unspecified atom stereocenters. The number of fused-ring (bicyclic) bond motifs is 1. The summed E-state index contributed by atoms with van der Waals surface area (Å²) in [5.74, 6) is -0.0941. The van der Waals surface area contributed by atoms with E-state index in [0.29, 0.717) is 18.7 Å². The average Bonchev–Trinajstić information content (AvgIpc) is 3.19. The van der Waals surface area contributed by atoms with Crippen LogP contribution in [-0.4, -0.2) is 25.7 Å². The van der Waals surface area contributed by atoms with Crippen molar-refractivity contribution in [3.8, 4) is 0 Å². The second-order valence-electron chi connectivity index (χ2n) is 6.42. The average molecular weight is 357 g/mol. The van der Waals surface area contributed by atoms with Gasteiger partial charge in [-0.05, 0) is 30.2 Å². The van der Waals surface area contributed by atoms with Crippen LogP contribution < -0.4 is 5.32 Å². The number of aryl methyl sites for hydroxylation is 1. The topological polar surface area (TPSA) is 72.7 Å². The van der Waals surface area contributed by atoms with Gasteiger partial charge in [0.2, 0.25) is 0 Å². The number of carbonyl (C=O) groups excluding carboxylic acids is 1. The van der Waals surface area contributed by atoms with Gasteiger partial charge < -0.3 is 5.32 Å². The highest BCUT2D eigenvalue weighted by Gasteiger charge is 2.11. The lowest BCUT2D eigenvalue weighted by atomic mass is 10.1. The number of carbonyl (C=O) groups is 1. The van der Waals surface area contributed by atoms with Crippen LogP contribution in [0.25, 0.3) is 10.9 Å². The van der Waals surface area contributed by atoms with Crippen molar-refractivity contribution in [2.24, 2.45) is 0 Å². The first kappa shape index (κ1) is 16.9. The molecule has 6 heteroatoms. The number of para-hydroxylation sites is 1. The van der Waals surface area contributed by atoms with Crippen LogP contribution in [0.4, 0.5) is 0 Å². The molecule has 27 heavy (non-hydrogen) atoms. The lowest BCUT2D eigenvalue weighted by Gasteiger charge is -2.10. The van der Waals surface area contributed by atoms with Crippen molar-refractivity contribution in [2.75, 3.05) is 0 Å².